The lowest BCUT2D eigenvalue weighted by molar-refractivity contribution is -0.130. The molecule has 2 N–H and O–H groups in total. The number of methoxy groups -OCH3 is 1. The van der Waals surface area contributed by atoms with Gasteiger partial charge in [-0.3, -0.25) is 4.79 Å². The molecule has 3 rings (SSSR count). The molecule has 0 unspecified atom stereocenters. The number of ether oxygens (including phenoxy) is 1. The fourth-order valence-corrected chi connectivity index (χ4v) is 3.59. The van der Waals surface area contributed by atoms with Gasteiger partial charge in [0.2, 0.25) is 5.91 Å². The zero-order valence-electron chi connectivity index (χ0n) is 18.8. The summed E-state index contributed by atoms with van der Waals surface area (Å²) >= 11 is 0. The molecule has 0 saturated carbocycles. The van der Waals surface area contributed by atoms with Gasteiger partial charge in [0.05, 0.1) is 19.9 Å². The number of guanidine groups is 1. The van der Waals surface area contributed by atoms with Crippen LogP contribution < -0.4 is 15.4 Å². The third-order valence-electron chi connectivity index (χ3n) is 5.39. The number of nitrogens with zero attached hydrogens (tertiary/aromatic N) is 2. The fourth-order valence-electron chi connectivity index (χ4n) is 3.59. The Morgan fingerprint density at radius 1 is 1.12 bits per heavy atom. The molecule has 7 nitrogen and oxygen atoms in total. The zero-order chi connectivity index (χ0) is 21.7. The van der Waals surface area contributed by atoms with Crippen LogP contribution in [0.15, 0.2) is 52.1 Å². The third kappa shape index (κ3) is 9.10. The highest BCUT2D eigenvalue weighted by molar-refractivity contribution is 14.0. The smallest absolute Gasteiger partial charge is 0.222 e. The summed E-state index contributed by atoms with van der Waals surface area (Å²) < 4.78 is 10.6. The minimum Gasteiger partial charge on any atom is -0.497 e. The molecule has 1 aromatic carbocycles. The van der Waals surface area contributed by atoms with E-state index in [1.807, 2.05) is 41.3 Å². The Morgan fingerprint density at radius 3 is 2.69 bits per heavy atom. The van der Waals surface area contributed by atoms with Crippen molar-refractivity contribution in [3.8, 4) is 5.75 Å². The van der Waals surface area contributed by atoms with Crippen molar-refractivity contribution in [2.75, 3.05) is 33.3 Å². The molecule has 1 saturated heterocycles. The summed E-state index contributed by atoms with van der Waals surface area (Å²) in [4.78, 5) is 18.9. The van der Waals surface area contributed by atoms with Crippen molar-refractivity contribution in [2.45, 2.75) is 45.1 Å². The van der Waals surface area contributed by atoms with Gasteiger partial charge in [-0.05, 0) is 49.1 Å². The van der Waals surface area contributed by atoms with Gasteiger partial charge >= 0.3 is 0 Å². The molecule has 2 heterocycles. The third-order valence-corrected chi connectivity index (χ3v) is 5.39. The van der Waals surface area contributed by atoms with E-state index in [0.29, 0.717) is 18.9 Å². The number of aliphatic imine (C=N–C) groups is 1. The second-order valence-electron chi connectivity index (χ2n) is 7.74. The van der Waals surface area contributed by atoms with Crippen LogP contribution in [0.2, 0.25) is 0 Å². The molecule has 1 aliphatic rings. The van der Waals surface area contributed by atoms with E-state index in [0.717, 1.165) is 81.3 Å². The second-order valence-corrected chi connectivity index (χ2v) is 7.74. The Labute approximate surface area is 208 Å². The van der Waals surface area contributed by atoms with Crippen molar-refractivity contribution in [3.63, 3.8) is 0 Å². The quantitative estimate of drug-likeness (QED) is 0.201. The molecule has 32 heavy (non-hydrogen) atoms. The first-order chi connectivity index (χ1) is 15.2. The second kappa shape index (κ2) is 14.8. The van der Waals surface area contributed by atoms with Crippen molar-refractivity contribution in [2.24, 2.45) is 4.99 Å². The number of likely N-dealkylation sites (tertiary alicyclic amines) is 1. The number of carbonyl (C=O) groups excluding carboxylic acids is 1. The first-order valence-electron chi connectivity index (χ1n) is 11.2. The van der Waals surface area contributed by atoms with Crippen LogP contribution in [-0.4, -0.2) is 50.1 Å². The van der Waals surface area contributed by atoms with Crippen LogP contribution in [0.25, 0.3) is 0 Å². The highest BCUT2D eigenvalue weighted by Crippen LogP contribution is 2.12. The largest absolute Gasteiger partial charge is 0.497 e. The van der Waals surface area contributed by atoms with Gasteiger partial charge < -0.3 is 24.7 Å². The van der Waals surface area contributed by atoms with Crippen molar-refractivity contribution in [3.05, 3.63) is 54.0 Å². The van der Waals surface area contributed by atoms with Crippen molar-refractivity contribution < 1.29 is 13.9 Å². The number of nitrogens with one attached hydrogen (secondary N) is 2. The van der Waals surface area contributed by atoms with Crippen LogP contribution >= 0.6 is 24.0 Å². The molecule has 1 aromatic heterocycles. The zero-order valence-corrected chi connectivity index (χ0v) is 21.2. The van der Waals surface area contributed by atoms with Gasteiger partial charge in [-0.1, -0.05) is 18.6 Å². The van der Waals surface area contributed by atoms with Gasteiger partial charge in [0.15, 0.2) is 5.96 Å². The molecular formula is C24H35IN4O3. The van der Waals surface area contributed by atoms with E-state index in [1.54, 1.807) is 13.4 Å². The molecule has 1 aliphatic heterocycles. The maximum atomic E-state index is 12.2. The summed E-state index contributed by atoms with van der Waals surface area (Å²) in [6.45, 7) is 3.75. The van der Waals surface area contributed by atoms with E-state index in [4.69, 9.17) is 14.1 Å². The lowest BCUT2D eigenvalue weighted by Gasteiger charge is -2.21. The number of halogens is 1. The van der Waals surface area contributed by atoms with Gasteiger partial charge in [-0.25, -0.2) is 4.99 Å². The molecule has 2 aromatic rings. The predicted molar refractivity (Wildman–Crippen MR) is 138 cm³/mol. The van der Waals surface area contributed by atoms with Crippen molar-refractivity contribution in [1.29, 1.82) is 0 Å². The standard InChI is InChI=1S/C24H34N4O3.HI/c1-30-21-11-9-20(10-12-21)19-27-24(26-15-13-22-7-5-18-31-22)25-14-6-17-28-16-4-2-3-8-23(28)29;/h5,7,9-12,18H,2-4,6,8,13-17,19H2,1H3,(H2,25,26,27);1H. The number of amides is 1. The minimum absolute atomic E-state index is 0. The van der Waals surface area contributed by atoms with Crippen LogP contribution in [0.4, 0.5) is 0 Å². The number of carbonyl (C=O) groups is 1. The number of rotatable bonds is 10. The van der Waals surface area contributed by atoms with Gasteiger partial charge in [0.1, 0.15) is 11.5 Å². The Hall–Kier alpha value is -2.23. The molecule has 0 atom stereocenters. The molecule has 1 amide bonds. The number of benzene rings is 1. The topological polar surface area (TPSA) is 79.1 Å². The fraction of sp³-hybridized carbons (Fsp3) is 0.500. The van der Waals surface area contributed by atoms with Crippen molar-refractivity contribution >= 4 is 35.8 Å². The molecular weight excluding hydrogens is 519 g/mol. The number of hydrogen-bond acceptors (Lipinski definition) is 4. The molecule has 1 fully saturated rings. The lowest BCUT2D eigenvalue weighted by Crippen LogP contribution is -2.40. The van der Waals surface area contributed by atoms with E-state index in [1.165, 1.54) is 0 Å². The van der Waals surface area contributed by atoms with Crippen LogP contribution in [-0.2, 0) is 17.8 Å². The normalized spacial score (nSPS) is 14.5. The maximum absolute atomic E-state index is 12.2. The first kappa shape index (κ1) is 26.0. The van der Waals surface area contributed by atoms with Crippen LogP contribution in [0.1, 0.15) is 43.4 Å². The van der Waals surface area contributed by atoms with Gasteiger partial charge in [0.25, 0.3) is 0 Å². The molecule has 0 radical (unpaired) electrons. The van der Waals surface area contributed by atoms with Gasteiger partial charge in [-0.15, -0.1) is 24.0 Å². The average Bonchev–Trinajstić information content (AvgIpc) is 3.23. The summed E-state index contributed by atoms with van der Waals surface area (Å²) in [5.41, 5.74) is 1.11. The van der Waals surface area contributed by atoms with Crippen LogP contribution in [0.3, 0.4) is 0 Å². The summed E-state index contributed by atoms with van der Waals surface area (Å²) in [6.07, 6.45) is 7.36. The Bertz CT molecular complexity index is 809. The number of furan rings is 1. The van der Waals surface area contributed by atoms with Gasteiger partial charge in [0, 0.05) is 39.0 Å². The van der Waals surface area contributed by atoms with E-state index < -0.39 is 0 Å². The highest BCUT2D eigenvalue weighted by Gasteiger charge is 2.15. The predicted octanol–water partition coefficient (Wildman–Crippen LogP) is 3.98. The first-order valence-corrected chi connectivity index (χ1v) is 11.2. The number of hydrogen-bond donors (Lipinski definition) is 2. The summed E-state index contributed by atoms with van der Waals surface area (Å²) in [5.74, 6) is 2.85. The van der Waals surface area contributed by atoms with E-state index in [-0.39, 0.29) is 24.0 Å². The van der Waals surface area contributed by atoms with Gasteiger partial charge in [-0.2, -0.15) is 0 Å². The van der Waals surface area contributed by atoms with Crippen LogP contribution in [0, 0.1) is 0 Å². The molecule has 0 bridgehead atoms. The summed E-state index contributed by atoms with van der Waals surface area (Å²) in [5, 5.41) is 6.79. The molecule has 8 heteroatoms. The monoisotopic (exact) mass is 554 g/mol. The highest BCUT2D eigenvalue weighted by atomic mass is 127. The molecule has 0 spiro atoms. The SMILES string of the molecule is COc1ccc(CN=C(NCCCN2CCCCCC2=O)NCCc2ccco2)cc1.I. The Kier molecular flexibility index (Phi) is 12.0. The molecule has 0 aliphatic carbocycles. The Morgan fingerprint density at radius 2 is 1.94 bits per heavy atom. The van der Waals surface area contributed by atoms with E-state index >= 15 is 0 Å². The average molecular weight is 554 g/mol. The van der Waals surface area contributed by atoms with E-state index in [9.17, 15) is 4.79 Å². The minimum atomic E-state index is 0. The van der Waals surface area contributed by atoms with Crippen molar-refractivity contribution in [1.82, 2.24) is 15.5 Å². The lowest BCUT2D eigenvalue weighted by atomic mass is 10.2. The summed E-state index contributed by atoms with van der Waals surface area (Å²) in [7, 11) is 1.66. The van der Waals surface area contributed by atoms with E-state index in [2.05, 4.69) is 10.6 Å². The Balaban J connectivity index is 0.00000363. The molecule has 176 valence electrons. The maximum Gasteiger partial charge on any atom is 0.222 e. The van der Waals surface area contributed by atoms with Crippen LogP contribution in [0.5, 0.6) is 5.75 Å². The summed E-state index contributed by atoms with van der Waals surface area (Å²) in [6, 6.07) is 11.8.